The van der Waals surface area contributed by atoms with Crippen molar-refractivity contribution in [3.05, 3.63) is 110 Å². The molecule has 0 radical (unpaired) electrons. The Morgan fingerprint density at radius 2 is 1.60 bits per heavy atom. The van der Waals surface area contributed by atoms with Gasteiger partial charge in [-0.3, -0.25) is 9.59 Å². The number of ether oxygens (including phenoxy) is 1. The average molecular weight is 541 g/mol. The number of rotatable bonds is 5. The number of imide groups is 1. The first-order valence-corrected chi connectivity index (χ1v) is 12.5. The second kappa shape index (κ2) is 9.96. The molecule has 0 bridgehead atoms. The second-order valence-electron chi connectivity index (χ2n) is 7.72. The van der Waals surface area contributed by atoms with Crippen LogP contribution in [0.25, 0.3) is 16.8 Å². The Morgan fingerprint density at radius 3 is 2.37 bits per heavy atom. The van der Waals surface area contributed by atoms with Gasteiger partial charge in [-0.25, -0.2) is 4.90 Å². The van der Waals surface area contributed by atoms with Crippen LogP contribution in [0.15, 0.2) is 83.8 Å². The van der Waals surface area contributed by atoms with Gasteiger partial charge in [-0.2, -0.15) is 0 Å². The largest absolute Gasteiger partial charge is 0.488 e. The van der Waals surface area contributed by atoms with Gasteiger partial charge in [-0.1, -0.05) is 71.2 Å². The zero-order valence-corrected chi connectivity index (χ0v) is 21.1. The van der Waals surface area contributed by atoms with Crippen molar-refractivity contribution in [1.29, 1.82) is 0 Å². The molecule has 1 saturated heterocycles. The molecule has 0 aromatic heterocycles. The van der Waals surface area contributed by atoms with Crippen LogP contribution in [-0.4, -0.2) is 11.1 Å². The number of anilines is 1. The van der Waals surface area contributed by atoms with E-state index in [0.717, 1.165) is 33.0 Å². The maximum atomic E-state index is 13.2. The van der Waals surface area contributed by atoms with Crippen LogP contribution in [0.4, 0.5) is 10.5 Å². The van der Waals surface area contributed by atoms with Crippen molar-refractivity contribution < 1.29 is 14.3 Å². The van der Waals surface area contributed by atoms with Crippen molar-refractivity contribution in [2.75, 3.05) is 4.90 Å². The van der Waals surface area contributed by atoms with E-state index in [1.807, 2.05) is 42.5 Å². The Hall–Kier alpha value is -2.96. The number of carbonyl (C=O) groups is 2. The first-order chi connectivity index (χ1) is 16.9. The number of carbonyl (C=O) groups excluding carboxylic acids is 2. The summed E-state index contributed by atoms with van der Waals surface area (Å²) in [4.78, 5) is 27.4. The highest BCUT2D eigenvalue weighted by Gasteiger charge is 2.36. The van der Waals surface area contributed by atoms with Crippen LogP contribution in [-0.2, 0) is 11.4 Å². The standard InChI is InChI=1S/C27H16Cl3NO3S/c28-18-8-10-20(11-9-18)31-26(32)25(35-27(31)33)14-22-21-4-2-1-3-16(21)6-12-24(22)34-15-17-5-7-19(29)13-23(17)30/h1-14H,15H2/b25-14+. The van der Waals surface area contributed by atoms with Gasteiger partial charge in [0.05, 0.1) is 10.6 Å². The molecule has 0 unspecified atom stereocenters. The number of hydrogen-bond donors (Lipinski definition) is 0. The van der Waals surface area contributed by atoms with E-state index in [1.54, 1.807) is 42.5 Å². The monoisotopic (exact) mass is 539 g/mol. The molecule has 4 aromatic carbocycles. The van der Waals surface area contributed by atoms with Crippen LogP contribution in [0.1, 0.15) is 11.1 Å². The molecule has 5 rings (SSSR count). The topological polar surface area (TPSA) is 46.6 Å². The van der Waals surface area contributed by atoms with Gasteiger partial charge >= 0.3 is 0 Å². The molecule has 1 aliphatic heterocycles. The van der Waals surface area contributed by atoms with E-state index < -0.39 is 5.91 Å². The number of hydrogen-bond acceptors (Lipinski definition) is 4. The first kappa shape index (κ1) is 23.8. The lowest BCUT2D eigenvalue weighted by Crippen LogP contribution is -2.27. The number of benzene rings is 4. The Bertz CT molecular complexity index is 1500. The zero-order valence-electron chi connectivity index (χ0n) is 18.0. The van der Waals surface area contributed by atoms with Gasteiger partial charge in [0.25, 0.3) is 11.1 Å². The van der Waals surface area contributed by atoms with Crippen LogP contribution in [0, 0.1) is 0 Å². The normalized spacial score (nSPS) is 14.8. The second-order valence-corrected chi connectivity index (χ2v) is 9.99. The van der Waals surface area contributed by atoms with Crippen molar-refractivity contribution >= 4 is 80.2 Å². The fourth-order valence-corrected chi connectivity index (χ4v) is 5.17. The molecule has 0 N–H and O–H groups in total. The summed E-state index contributed by atoms with van der Waals surface area (Å²) in [5.41, 5.74) is 1.94. The SMILES string of the molecule is O=C1S/C(=C/c2c(OCc3ccc(Cl)cc3Cl)ccc3ccccc23)C(=O)N1c1ccc(Cl)cc1. The minimum absolute atomic E-state index is 0.210. The molecule has 2 amide bonds. The average Bonchev–Trinajstić information content (AvgIpc) is 3.12. The van der Waals surface area contributed by atoms with Gasteiger partial charge in [0.15, 0.2) is 0 Å². The van der Waals surface area contributed by atoms with Crippen molar-refractivity contribution in [1.82, 2.24) is 0 Å². The highest BCUT2D eigenvalue weighted by atomic mass is 35.5. The number of halogens is 3. The molecule has 35 heavy (non-hydrogen) atoms. The molecular weight excluding hydrogens is 525 g/mol. The minimum Gasteiger partial charge on any atom is -0.488 e. The summed E-state index contributed by atoms with van der Waals surface area (Å²) in [6.45, 7) is 0.210. The Balaban J connectivity index is 1.53. The molecular formula is C27H16Cl3NO3S. The fraction of sp³-hybridized carbons (Fsp3) is 0.0370. The van der Waals surface area contributed by atoms with Gasteiger partial charge in [-0.15, -0.1) is 0 Å². The van der Waals surface area contributed by atoms with Crippen LogP contribution < -0.4 is 9.64 Å². The summed E-state index contributed by atoms with van der Waals surface area (Å²) in [7, 11) is 0. The summed E-state index contributed by atoms with van der Waals surface area (Å²) in [5, 5.41) is 3.07. The summed E-state index contributed by atoms with van der Waals surface area (Å²) in [6.07, 6.45) is 1.71. The predicted molar refractivity (Wildman–Crippen MR) is 145 cm³/mol. The molecule has 1 heterocycles. The molecule has 0 aliphatic carbocycles. The summed E-state index contributed by atoms with van der Waals surface area (Å²) >= 11 is 19.2. The van der Waals surface area contributed by atoms with Gasteiger partial charge < -0.3 is 4.74 Å². The molecule has 4 nitrogen and oxygen atoms in total. The third-order valence-electron chi connectivity index (χ3n) is 5.48. The van der Waals surface area contributed by atoms with E-state index in [9.17, 15) is 9.59 Å². The van der Waals surface area contributed by atoms with Crippen molar-refractivity contribution in [3.63, 3.8) is 0 Å². The number of fused-ring (bicyclic) bond motifs is 1. The van der Waals surface area contributed by atoms with Crippen molar-refractivity contribution in [3.8, 4) is 5.75 Å². The maximum Gasteiger partial charge on any atom is 0.298 e. The summed E-state index contributed by atoms with van der Waals surface area (Å²) < 4.78 is 6.14. The van der Waals surface area contributed by atoms with Crippen LogP contribution in [0.5, 0.6) is 5.75 Å². The van der Waals surface area contributed by atoms with Gasteiger partial charge in [-0.05, 0) is 71.1 Å². The van der Waals surface area contributed by atoms with E-state index in [2.05, 4.69) is 0 Å². The van der Waals surface area contributed by atoms with E-state index in [-0.39, 0.29) is 11.8 Å². The third-order valence-corrected chi connectivity index (χ3v) is 7.19. The fourth-order valence-electron chi connectivity index (χ4n) is 3.76. The third kappa shape index (κ3) is 4.91. The van der Waals surface area contributed by atoms with Gasteiger partial charge in [0, 0.05) is 26.2 Å². The highest BCUT2D eigenvalue weighted by Crippen LogP contribution is 2.39. The molecule has 4 aromatic rings. The van der Waals surface area contributed by atoms with E-state index >= 15 is 0 Å². The minimum atomic E-state index is -0.401. The summed E-state index contributed by atoms with van der Waals surface area (Å²) in [5.74, 6) is 0.162. The van der Waals surface area contributed by atoms with Crippen molar-refractivity contribution in [2.24, 2.45) is 0 Å². The molecule has 8 heteroatoms. The molecule has 1 aliphatic rings. The van der Waals surface area contributed by atoms with Crippen molar-refractivity contribution in [2.45, 2.75) is 6.61 Å². The van der Waals surface area contributed by atoms with E-state index in [0.29, 0.717) is 37.0 Å². The smallest absolute Gasteiger partial charge is 0.298 e. The molecule has 0 atom stereocenters. The lowest BCUT2D eigenvalue weighted by atomic mass is 10.0. The highest BCUT2D eigenvalue weighted by molar-refractivity contribution is 8.19. The lowest BCUT2D eigenvalue weighted by molar-refractivity contribution is -0.113. The molecule has 0 spiro atoms. The maximum absolute atomic E-state index is 13.2. The Kier molecular flexibility index (Phi) is 6.76. The quantitative estimate of drug-likeness (QED) is 0.238. The Morgan fingerprint density at radius 1 is 0.857 bits per heavy atom. The molecule has 0 saturated carbocycles. The number of amides is 2. The zero-order chi connectivity index (χ0) is 24.5. The van der Waals surface area contributed by atoms with E-state index in [1.165, 1.54) is 0 Å². The van der Waals surface area contributed by atoms with Crippen LogP contribution >= 0.6 is 46.6 Å². The molecule has 1 fully saturated rings. The Labute approximate surface area is 221 Å². The van der Waals surface area contributed by atoms with Gasteiger partial charge in [0.1, 0.15) is 12.4 Å². The van der Waals surface area contributed by atoms with Gasteiger partial charge in [0.2, 0.25) is 0 Å². The number of nitrogens with zero attached hydrogens (tertiary/aromatic N) is 1. The predicted octanol–water partition coefficient (Wildman–Crippen LogP) is 8.62. The van der Waals surface area contributed by atoms with Crippen LogP contribution in [0.3, 0.4) is 0 Å². The number of thioether (sulfide) groups is 1. The molecule has 174 valence electrons. The van der Waals surface area contributed by atoms with E-state index in [4.69, 9.17) is 39.5 Å². The first-order valence-electron chi connectivity index (χ1n) is 10.5. The van der Waals surface area contributed by atoms with Crippen LogP contribution in [0.2, 0.25) is 15.1 Å². The summed E-state index contributed by atoms with van der Waals surface area (Å²) in [6, 6.07) is 23.4. The lowest BCUT2D eigenvalue weighted by Gasteiger charge is -2.14.